The van der Waals surface area contributed by atoms with Crippen LogP contribution >= 0.6 is 0 Å². The Hall–Kier alpha value is -0.830. The first-order chi connectivity index (χ1) is 9.87. The minimum Gasteiger partial charge on any atom is -0.307 e. The first-order valence-corrected chi connectivity index (χ1v) is 8.64. The molecule has 4 unspecified atom stereocenters. The van der Waals surface area contributed by atoms with Gasteiger partial charge in [-0.2, -0.15) is 5.10 Å². The number of hydrogen-bond donors (Lipinski definition) is 1. The van der Waals surface area contributed by atoms with Gasteiger partial charge in [-0.05, 0) is 55.4 Å². The Labute approximate surface area is 129 Å². The van der Waals surface area contributed by atoms with Crippen LogP contribution in [-0.2, 0) is 6.54 Å². The molecule has 2 fully saturated rings. The first-order valence-electron chi connectivity index (χ1n) is 8.64. The van der Waals surface area contributed by atoms with E-state index in [4.69, 9.17) is 5.10 Å². The monoisotopic (exact) mass is 289 g/mol. The molecule has 4 atom stereocenters. The molecule has 3 heteroatoms. The third kappa shape index (κ3) is 2.44. The van der Waals surface area contributed by atoms with Gasteiger partial charge in [0.15, 0.2) is 0 Å². The van der Waals surface area contributed by atoms with Gasteiger partial charge in [-0.15, -0.1) is 0 Å². The molecule has 0 radical (unpaired) electrons. The standard InChI is InChI=1S/C18H31N3/c1-6-13(2)21-10-8-15(20-21)12-19-16-17(3,4)14-7-9-18(16,5)11-14/h8,10,13-14,16,19H,6-7,9,11-12H2,1-5H3. The smallest absolute Gasteiger partial charge is 0.0762 e. The summed E-state index contributed by atoms with van der Waals surface area (Å²) in [4.78, 5) is 0. The van der Waals surface area contributed by atoms with Crippen molar-refractivity contribution in [1.29, 1.82) is 0 Å². The normalized spacial score (nSPS) is 35.3. The van der Waals surface area contributed by atoms with Gasteiger partial charge in [0.1, 0.15) is 0 Å². The maximum Gasteiger partial charge on any atom is 0.0762 e. The van der Waals surface area contributed by atoms with Crippen molar-refractivity contribution in [2.75, 3.05) is 0 Å². The van der Waals surface area contributed by atoms with Crippen molar-refractivity contribution in [3.05, 3.63) is 18.0 Å². The molecule has 3 rings (SSSR count). The topological polar surface area (TPSA) is 29.9 Å². The second kappa shape index (κ2) is 5.12. The molecule has 0 aliphatic heterocycles. The average Bonchev–Trinajstić information content (AvgIpc) is 3.08. The van der Waals surface area contributed by atoms with Gasteiger partial charge >= 0.3 is 0 Å². The van der Waals surface area contributed by atoms with E-state index in [0.717, 1.165) is 18.9 Å². The molecule has 2 aliphatic carbocycles. The first kappa shape index (κ1) is 15.1. The molecule has 0 aromatic carbocycles. The summed E-state index contributed by atoms with van der Waals surface area (Å²) in [7, 11) is 0. The fourth-order valence-corrected chi connectivity index (χ4v) is 4.92. The zero-order valence-corrected chi connectivity index (χ0v) is 14.3. The summed E-state index contributed by atoms with van der Waals surface area (Å²) >= 11 is 0. The van der Waals surface area contributed by atoms with E-state index in [1.54, 1.807) is 0 Å². The van der Waals surface area contributed by atoms with Gasteiger partial charge in [-0.3, -0.25) is 4.68 Å². The highest BCUT2D eigenvalue weighted by molar-refractivity contribution is 5.13. The highest BCUT2D eigenvalue weighted by atomic mass is 15.3. The lowest BCUT2D eigenvalue weighted by Gasteiger charge is -2.43. The molecule has 0 saturated heterocycles. The summed E-state index contributed by atoms with van der Waals surface area (Å²) in [6, 6.07) is 3.29. The molecule has 3 nitrogen and oxygen atoms in total. The van der Waals surface area contributed by atoms with Gasteiger partial charge in [0.25, 0.3) is 0 Å². The predicted molar refractivity (Wildman–Crippen MR) is 87.1 cm³/mol. The zero-order chi connectivity index (χ0) is 15.3. The molecule has 2 bridgehead atoms. The second-order valence-electron chi connectivity index (χ2n) is 8.27. The van der Waals surface area contributed by atoms with Gasteiger partial charge in [-0.25, -0.2) is 0 Å². The summed E-state index contributed by atoms with van der Waals surface area (Å²) in [5.41, 5.74) is 2.09. The van der Waals surface area contributed by atoms with Crippen LogP contribution in [0.1, 0.15) is 72.0 Å². The van der Waals surface area contributed by atoms with E-state index in [1.165, 1.54) is 25.0 Å². The maximum absolute atomic E-state index is 4.73. The Morgan fingerprint density at radius 3 is 2.81 bits per heavy atom. The van der Waals surface area contributed by atoms with Crippen molar-refractivity contribution in [2.24, 2.45) is 16.7 Å². The summed E-state index contributed by atoms with van der Waals surface area (Å²) in [5.74, 6) is 0.901. The Morgan fingerprint density at radius 2 is 2.19 bits per heavy atom. The van der Waals surface area contributed by atoms with Crippen LogP contribution in [0.25, 0.3) is 0 Å². The fraction of sp³-hybridized carbons (Fsp3) is 0.833. The fourth-order valence-electron chi connectivity index (χ4n) is 4.92. The van der Waals surface area contributed by atoms with Crippen LogP contribution in [-0.4, -0.2) is 15.8 Å². The van der Waals surface area contributed by atoms with E-state index in [0.29, 0.717) is 22.9 Å². The lowest BCUT2D eigenvalue weighted by atomic mass is 9.68. The van der Waals surface area contributed by atoms with Crippen LogP contribution in [0, 0.1) is 16.7 Å². The number of nitrogens with zero attached hydrogens (tertiary/aromatic N) is 2. The third-order valence-electron chi connectivity index (χ3n) is 6.46. The summed E-state index contributed by atoms with van der Waals surface area (Å²) in [5, 5.41) is 8.58. The number of nitrogens with one attached hydrogen (secondary N) is 1. The van der Waals surface area contributed by atoms with Crippen molar-refractivity contribution < 1.29 is 0 Å². The molecule has 21 heavy (non-hydrogen) atoms. The number of rotatable bonds is 5. The SMILES string of the molecule is CCC(C)n1ccc(CNC2C3(C)CCC(C3)C2(C)C)n1. The van der Waals surface area contributed by atoms with Gasteiger partial charge in [-0.1, -0.05) is 27.7 Å². The van der Waals surface area contributed by atoms with Gasteiger partial charge in [0.2, 0.25) is 0 Å². The minimum absolute atomic E-state index is 0.423. The van der Waals surface area contributed by atoms with Crippen molar-refractivity contribution in [3.8, 4) is 0 Å². The largest absolute Gasteiger partial charge is 0.307 e. The zero-order valence-electron chi connectivity index (χ0n) is 14.3. The van der Waals surface area contributed by atoms with Crippen LogP contribution in [0.5, 0.6) is 0 Å². The van der Waals surface area contributed by atoms with Gasteiger partial charge in [0, 0.05) is 24.8 Å². The summed E-state index contributed by atoms with van der Waals surface area (Å²) in [6.45, 7) is 12.7. The second-order valence-corrected chi connectivity index (χ2v) is 8.27. The van der Waals surface area contributed by atoms with Crippen molar-refractivity contribution in [2.45, 2.75) is 78.9 Å². The predicted octanol–water partition coefficient (Wildman–Crippen LogP) is 4.16. The number of aromatic nitrogens is 2. The summed E-state index contributed by atoms with van der Waals surface area (Å²) < 4.78 is 2.10. The molecule has 2 saturated carbocycles. The Balaban J connectivity index is 1.66. The van der Waals surface area contributed by atoms with E-state index in [1.807, 2.05) is 0 Å². The van der Waals surface area contributed by atoms with Crippen LogP contribution in [0.3, 0.4) is 0 Å². The van der Waals surface area contributed by atoms with E-state index < -0.39 is 0 Å². The highest BCUT2D eigenvalue weighted by Crippen LogP contribution is 2.62. The molecular formula is C18H31N3. The number of fused-ring (bicyclic) bond motifs is 2. The highest BCUT2D eigenvalue weighted by Gasteiger charge is 2.58. The third-order valence-corrected chi connectivity index (χ3v) is 6.46. The Kier molecular flexibility index (Phi) is 3.67. The Morgan fingerprint density at radius 1 is 1.43 bits per heavy atom. The van der Waals surface area contributed by atoms with Gasteiger partial charge in [0.05, 0.1) is 5.69 Å². The Bertz CT molecular complexity index is 500. The summed E-state index contributed by atoms with van der Waals surface area (Å²) in [6.07, 6.45) is 7.46. The van der Waals surface area contributed by atoms with Crippen LogP contribution in [0.2, 0.25) is 0 Å². The molecule has 0 amide bonds. The quantitative estimate of drug-likeness (QED) is 0.882. The molecule has 118 valence electrons. The minimum atomic E-state index is 0.423. The van der Waals surface area contributed by atoms with E-state index in [9.17, 15) is 0 Å². The van der Waals surface area contributed by atoms with Crippen LogP contribution in [0.15, 0.2) is 12.3 Å². The maximum atomic E-state index is 4.73. The molecule has 2 aliphatic rings. The van der Waals surface area contributed by atoms with E-state index in [2.05, 4.69) is 56.9 Å². The average molecular weight is 289 g/mol. The molecule has 1 N–H and O–H groups in total. The van der Waals surface area contributed by atoms with Crippen LogP contribution < -0.4 is 5.32 Å². The lowest BCUT2D eigenvalue weighted by Crippen LogP contribution is -2.49. The van der Waals surface area contributed by atoms with Gasteiger partial charge < -0.3 is 5.32 Å². The molecular weight excluding hydrogens is 258 g/mol. The van der Waals surface area contributed by atoms with Crippen molar-refractivity contribution in [1.82, 2.24) is 15.1 Å². The van der Waals surface area contributed by atoms with E-state index >= 15 is 0 Å². The lowest BCUT2D eigenvalue weighted by molar-refractivity contribution is 0.107. The van der Waals surface area contributed by atoms with Crippen LogP contribution in [0.4, 0.5) is 0 Å². The molecule has 1 aromatic heterocycles. The number of hydrogen-bond acceptors (Lipinski definition) is 2. The van der Waals surface area contributed by atoms with Crippen molar-refractivity contribution in [3.63, 3.8) is 0 Å². The van der Waals surface area contributed by atoms with Crippen molar-refractivity contribution >= 4 is 0 Å². The van der Waals surface area contributed by atoms with E-state index in [-0.39, 0.29) is 0 Å². The molecule has 1 heterocycles. The molecule has 1 aromatic rings. The molecule has 0 spiro atoms.